The summed E-state index contributed by atoms with van der Waals surface area (Å²) in [6.07, 6.45) is 4.73. The van der Waals surface area contributed by atoms with Gasteiger partial charge in [-0.25, -0.2) is 0 Å². The van der Waals surface area contributed by atoms with E-state index in [0.717, 1.165) is 24.4 Å². The number of rotatable bonds is 3. The van der Waals surface area contributed by atoms with Gasteiger partial charge in [-0.2, -0.15) is 5.10 Å². The maximum absolute atomic E-state index is 5.69. The Hall–Kier alpha value is -1.72. The molecule has 2 N–H and O–H groups in total. The van der Waals surface area contributed by atoms with Crippen molar-refractivity contribution in [2.24, 2.45) is 5.73 Å². The number of hydrogen-bond acceptors (Lipinski definition) is 4. The predicted molar refractivity (Wildman–Crippen MR) is 67.0 cm³/mol. The molecule has 0 spiro atoms. The van der Waals surface area contributed by atoms with Crippen LogP contribution >= 0.6 is 0 Å². The van der Waals surface area contributed by atoms with E-state index in [1.165, 1.54) is 5.56 Å². The van der Waals surface area contributed by atoms with Gasteiger partial charge in [0, 0.05) is 18.9 Å². The van der Waals surface area contributed by atoms with Crippen molar-refractivity contribution in [3.05, 3.63) is 47.5 Å². The van der Waals surface area contributed by atoms with E-state index in [2.05, 4.69) is 16.3 Å². The van der Waals surface area contributed by atoms with E-state index in [4.69, 9.17) is 10.5 Å². The molecular formula is C13H16N4O. The Morgan fingerprint density at radius 2 is 2.39 bits per heavy atom. The average Bonchev–Trinajstić information content (AvgIpc) is 2.82. The second-order valence-corrected chi connectivity index (χ2v) is 4.40. The Kier molecular flexibility index (Phi) is 3.08. The van der Waals surface area contributed by atoms with Crippen molar-refractivity contribution >= 4 is 0 Å². The summed E-state index contributed by atoms with van der Waals surface area (Å²) in [7, 11) is 0. The van der Waals surface area contributed by atoms with E-state index in [9.17, 15) is 0 Å². The predicted octanol–water partition coefficient (Wildman–Crippen LogP) is 0.899. The molecule has 0 amide bonds. The third-order valence-corrected chi connectivity index (χ3v) is 3.13. The minimum absolute atomic E-state index is 0.0567. The first-order chi connectivity index (χ1) is 8.86. The zero-order chi connectivity index (χ0) is 12.4. The van der Waals surface area contributed by atoms with Crippen LogP contribution in [0.3, 0.4) is 0 Å². The Morgan fingerprint density at radius 3 is 3.17 bits per heavy atom. The van der Waals surface area contributed by atoms with Crippen LogP contribution in [0.1, 0.15) is 23.1 Å². The quantitative estimate of drug-likeness (QED) is 0.871. The summed E-state index contributed by atoms with van der Waals surface area (Å²) in [5.41, 5.74) is 8.92. The maximum atomic E-state index is 5.69. The van der Waals surface area contributed by atoms with E-state index in [-0.39, 0.29) is 6.10 Å². The number of pyridine rings is 1. The SMILES string of the molecule is NC[C@@H]1OCCc2cn(Cc3ccccn3)nc21. The van der Waals surface area contributed by atoms with Crippen molar-refractivity contribution in [1.29, 1.82) is 0 Å². The van der Waals surface area contributed by atoms with Crippen LogP contribution in [-0.4, -0.2) is 27.9 Å². The summed E-state index contributed by atoms with van der Waals surface area (Å²) in [4.78, 5) is 4.30. The summed E-state index contributed by atoms with van der Waals surface area (Å²) >= 11 is 0. The van der Waals surface area contributed by atoms with Gasteiger partial charge < -0.3 is 10.5 Å². The van der Waals surface area contributed by atoms with Gasteiger partial charge in [-0.05, 0) is 24.1 Å². The standard InChI is InChI=1S/C13H16N4O/c14-7-12-13-10(4-6-18-12)8-17(16-13)9-11-3-1-2-5-15-11/h1-3,5,8,12H,4,6-7,9,14H2/t12-/m0/s1. The molecule has 3 heterocycles. The third kappa shape index (κ3) is 2.14. The Morgan fingerprint density at radius 1 is 1.44 bits per heavy atom. The van der Waals surface area contributed by atoms with Crippen molar-refractivity contribution in [3.8, 4) is 0 Å². The normalized spacial score (nSPS) is 18.6. The van der Waals surface area contributed by atoms with Gasteiger partial charge in [-0.15, -0.1) is 0 Å². The fourth-order valence-electron chi connectivity index (χ4n) is 2.25. The van der Waals surface area contributed by atoms with Crippen molar-refractivity contribution in [1.82, 2.24) is 14.8 Å². The molecule has 5 heteroatoms. The summed E-state index contributed by atoms with van der Waals surface area (Å²) < 4.78 is 7.52. The van der Waals surface area contributed by atoms with Crippen LogP contribution in [0.15, 0.2) is 30.6 Å². The third-order valence-electron chi connectivity index (χ3n) is 3.13. The number of ether oxygens (including phenoxy) is 1. The monoisotopic (exact) mass is 244 g/mol. The van der Waals surface area contributed by atoms with Crippen LogP contribution in [0.25, 0.3) is 0 Å². The molecule has 0 aromatic carbocycles. The fraction of sp³-hybridized carbons (Fsp3) is 0.385. The molecule has 94 valence electrons. The van der Waals surface area contributed by atoms with Gasteiger partial charge in [0.1, 0.15) is 6.10 Å². The Labute approximate surface area is 106 Å². The first-order valence-corrected chi connectivity index (χ1v) is 6.14. The lowest BCUT2D eigenvalue weighted by molar-refractivity contribution is 0.0454. The van der Waals surface area contributed by atoms with E-state index in [1.807, 2.05) is 22.9 Å². The first kappa shape index (κ1) is 11.4. The minimum Gasteiger partial charge on any atom is -0.370 e. The van der Waals surface area contributed by atoms with Crippen LogP contribution < -0.4 is 5.73 Å². The molecule has 0 saturated carbocycles. The molecule has 0 saturated heterocycles. The highest BCUT2D eigenvalue weighted by molar-refractivity contribution is 5.22. The van der Waals surface area contributed by atoms with Crippen molar-refractivity contribution < 1.29 is 4.74 Å². The van der Waals surface area contributed by atoms with E-state index in [0.29, 0.717) is 13.1 Å². The number of fused-ring (bicyclic) bond motifs is 1. The zero-order valence-electron chi connectivity index (χ0n) is 10.1. The van der Waals surface area contributed by atoms with Crippen LogP contribution in [0.2, 0.25) is 0 Å². The summed E-state index contributed by atoms with van der Waals surface area (Å²) in [6, 6.07) is 5.89. The lowest BCUT2D eigenvalue weighted by Crippen LogP contribution is -2.22. The number of nitrogens with zero attached hydrogens (tertiary/aromatic N) is 3. The van der Waals surface area contributed by atoms with Gasteiger partial charge >= 0.3 is 0 Å². The molecule has 0 radical (unpaired) electrons. The van der Waals surface area contributed by atoms with E-state index >= 15 is 0 Å². The van der Waals surface area contributed by atoms with E-state index in [1.54, 1.807) is 6.20 Å². The number of aromatic nitrogens is 3. The van der Waals surface area contributed by atoms with Gasteiger partial charge in [0.2, 0.25) is 0 Å². The van der Waals surface area contributed by atoms with Gasteiger partial charge in [0.15, 0.2) is 0 Å². The summed E-state index contributed by atoms with van der Waals surface area (Å²) in [5.74, 6) is 0. The van der Waals surface area contributed by atoms with Crippen LogP contribution in [0.5, 0.6) is 0 Å². The highest BCUT2D eigenvalue weighted by atomic mass is 16.5. The molecule has 1 atom stereocenters. The Balaban J connectivity index is 1.84. The molecule has 18 heavy (non-hydrogen) atoms. The molecule has 5 nitrogen and oxygen atoms in total. The molecule has 0 fully saturated rings. The first-order valence-electron chi connectivity index (χ1n) is 6.14. The van der Waals surface area contributed by atoms with Crippen molar-refractivity contribution in [2.45, 2.75) is 19.1 Å². The highest BCUT2D eigenvalue weighted by Gasteiger charge is 2.23. The molecule has 1 aliphatic heterocycles. The molecule has 1 aliphatic rings. The fourth-order valence-corrected chi connectivity index (χ4v) is 2.25. The van der Waals surface area contributed by atoms with Crippen LogP contribution in [0, 0.1) is 0 Å². The molecule has 0 bridgehead atoms. The Bertz CT molecular complexity index is 523. The van der Waals surface area contributed by atoms with Crippen LogP contribution in [0.4, 0.5) is 0 Å². The molecule has 2 aromatic rings. The summed E-state index contributed by atoms with van der Waals surface area (Å²) in [5, 5.41) is 4.57. The molecule has 0 unspecified atom stereocenters. The zero-order valence-corrected chi connectivity index (χ0v) is 10.1. The lowest BCUT2D eigenvalue weighted by atomic mass is 10.1. The number of hydrogen-bond donors (Lipinski definition) is 1. The molecule has 2 aromatic heterocycles. The second-order valence-electron chi connectivity index (χ2n) is 4.40. The largest absolute Gasteiger partial charge is 0.370 e. The lowest BCUT2D eigenvalue weighted by Gasteiger charge is -2.19. The average molecular weight is 244 g/mol. The van der Waals surface area contributed by atoms with E-state index < -0.39 is 0 Å². The minimum atomic E-state index is -0.0567. The molecule has 0 aliphatic carbocycles. The van der Waals surface area contributed by atoms with Crippen LogP contribution in [-0.2, 0) is 17.7 Å². The van der Waals surface area contributed by atoms with Gasteiger partial charge in [-0.3, -0.25) is 9.67 Å². The van der Waals surface area contributed by atoms with Gasteiger partial charge in [0.25, 0.3) is 0 Å². The number of nitrogens with two attached hydrogens (primary N) is 1. The summed E-state index contributed by atoms with van der Waals surface area (Å²) in [6.45, 7) is 1.89. The van der Waals surface area contributed by atoms with Crippen molar-refractivity contribution in [2.75, 3.05) is 13.2 Å². The van der Waals surface area contributed by atoms with Gasteiger partial charge in [0.05, 0.1) is 24.5 Å². The van der Waals surface area contributed by atoms with Gasteiger partial charge in [-0.1, -0.05) is 6.07 Å². The smallest absolute Gasteiger partial charge is 0.114 e. The highest BCUT2D eigenvalue weighted by Crippen LogP contribution is 2.24. The maximum Gasteiger partial charge on any atom is 0.114 e. The molecule has 3 rings (SSSR count). The topological polar surface area (TPSA) is 66.0 Å². The van der Waals surface area contributed by atoms with Crippen molar-refractivity contribution in [3.63, 3.8) is 0 Å². The second kappa shape index (κ2) is 4.88. The molecular weight excluding hydrogens is 228 g/mol.